The van der Waals surface area contributed by atoms with E-state index in [0.29, 0.717) is 15.6 Å². The molecule has 2 N–H and O–H groups in total. The number of amides is 3. The molecule has 3 amide bonds. The van der Waals surface area contributed by atoms with Crippen LogP contribution in [0.15, 0.2) is 75.9 Å². The number of phenolic OH excluding ortho intramolecular Hbond substituents is 1. The number of hydrogen-bond acceptors (Lipinski definition) is 8. The SMILES string of the molecule is O=C(Cn1c2c(sc1=O)C(c1cccs1)C1C(=O)N(c3cccc(C(F)(F)F)c3)C(=O)C1S2)Nc1ccc(O)cc1. The van der Waals surface area contributed by atoms with Gasteiger partial charge in [0.2, 0.25) is 17.7 Å². The van der Waals surface area contributed by atoms with Gasteiger partial charge in [0.1, 0.15) is 17.5 Å². The molecule has 6 rings (SSSR count). The molecule has 3 unspecified atom stereocenters. The lowest BCUT2D eigenvalue weighted by atomic mass is 9.87. The summed E-state index contributed by atoms with van der Waals surface area (Å²) in [6.45, 7) is -0.368. The van der Waals surface area contributed by atoms with Crippen LogP contribution >= 0.6 is 34.4 Å². The first-order chi connectivity index (χ1) is 19.5. The summed E-state index contributed by atoms with van der Waals surface area (Å²) in [4.78, 5) is 55.0. The van der Waals surface area contributed by atoms with Gasteiger partial charge in [-0.2, -0.15) is 13.2 Å². The first-order valence-electron chi connectivity index (χ1n) is 12.1. The van der Waals surface area contributed by atoms with Gasteiger partial charge in [0.15, 0.2) is 0 Å². The summed E-state index contributed by atoms with van der Waals surface area (Å²) in [7, 11) is 0. The number of fused-ring (bicyclic) bond motifs is 2. The Balaban J connectivity index is 1.38. The summed E-state index contributed by atoms with van der Waals surface area (Å²) in [6, 6.07) is 13.4. The molecule has 210 valence electrons. The van der Waals surface area contributed by atoms with Crippen LogP contribution in [-0.2, 0) is 27.1 Å². The van der Waals surface area contributed by atoms with Crippen LogP contribution in [0.4, 0.5) is 24.5 Å². The van der Waals surface area contributed by atoms with Crippen molar-refractivity contribution in [2.75, 3.05) is 10.2 Å². The molecule has 41 heavy (non-hydrogen) atoms. The standard InChI is InChI=1S/C27H18F3N3O5S3/c28-27(29,30)13-3-1-4-15(11-13)33-23(36)20-19(17-5-2-10-39-17)22-25(40-21(20)24(33)37)32(26(38)41-22)12-18(35)31-14-6-8-16(34)9-7-14/h1-11,19-21,34H,12H2,(H,31,35). The topological polar surface area (TPSA) is 109 Å². The number of nitrogens with one attached hydrogen (secondary N) is 1. The number of nitrogens with zero attached hydrogens (tertiary/aromatic N) is 2. The third-order valence-corrected chi connectivity index (χ3v) is 10.3. The number of imide groups is 1. The van der Waals surface area contributed by atoms with Crippen molar-refractivity contribution in [2.24, 2.45) is 5.92 Å². The number of phenols is 1. The molecule has 2 aromatic carbocycles. The van der Waals surface area contributed by atoms with E-state index in [4.69, 9.17) is 0 Å². The average Bonchev–Trinajstić information content (AvgIpc) is 3.62. The lowest BCUT2D eigenvalue weighted by Crippen LogP contribution is -2.32. The molecule has 0 bridgehead atoms. The van der Waals surface area contributed by atoms with Gasteiger partial charge in [-0.05, 0) is 53.9 Å². The van der Waals surface area contributed by atoms with Crippen LogP contribution in [0, 0.1) is 5.92 Å². The van der Waals surface area contributed by atoms with Gasteiger partial charge in [0, 0.05) is 21.4 Å². The zero-order valence-electron chi connectivity index (χ0n) is 20.6. The Labute approximate surface area is 242 Å². The summed E-state index contributed by atoms with van der Waals surface area (Å²) in [5, 5.41) is 13.3. The number of thiazole rings is 1. The highest BCUT2D eigenvalue weighted by atomic mass is 32.2. The summed E-state index contributed by atoms with van der Waals surface area (Å²) < 4.78 is 41.5. The molecule has 1 saturated heterocycles. The van der Waals surface area contributed by atoms with Crippen LogP contribution in [0.5, 0.6) is 5.75 Å². The van der Waals surface area contributed by atoms with Crippen molar-refractivity contribution in [1.82, 2.24) is 4.57 Å². The number of thiophene rings is 1. The number of anilines is 2. The number of aromatic hydroxyl groups is 1. The van der Waals surface area contributed by atoms with Gasteiger partial charge in [-0.3, -0.25) is 23.7 Å². The number of carbonyl (C=O) groups is 3. The van der Waals surface area contributed by atoms with Crippen molar-refractivity contribution in [3.63, 3.8) is 0 Å². The highest BCUT2D eigenvalue weighted by Crippen LogP contribution is 2.54. The number of aromatic nitrogens is 1. The fourth-order valence-corrected chi connectivity index (χ4v) is 8.72. The number of rotatable bonds is 5. The van der Waals surface area contributed by atoms with E-state index in [9.17, 15) is 37.5 Å². The molecule has 14 heteroatoms. The molecule has 2 aliphatic rings. The van der Waals surface area contributed by atoms with Crippen molar-refractivity contribution < 1.29 is 32.7 Å². The molecular weight excluding hydrogens is 600 g/mol. The van der Waals surface area contributed by atoms with Crippen molar-refractivity contribution >= 4 is 63.5 Å². The normalized spacial score (nSPS) is 20.2. The van der Waals surface area contributed by atoms with Gasteiger partial charge in [0.25, 0.3) is 0 Å². The first-order valence-corrected chi connectivity index (χ1v) is 14.7. The van der Waals surface area contributed by atoms with Crippen LogP contribution in [-0.4, -0.2) is 32.6 Å². The van der Waals surface area contributed by atoms with Crippen molar-refractivity contribution in [3.8, 4) is 5.75 Å². The smallest absolute Gasteiger partial charge is 0.416 e. The Morgan fingerprint density at radius 2 is 1.76 bits per heavy atom. The highest BCUT2D eigenvalue weighted by Gasteiger charge is 2.57. The summed E-state index contributed by atoms with van der Waals surface area (Å²) >= 11 is 3.19. The minimum atomic E-state index is -4.66. The summed E-state index contributed by atoms with van der Waals surface area (Å²) in [5.74, 6) is -3.48. The molecule has 3 atom stereocenters. The number of alkyl halides is 3. The third kappa shape index (κ3) is 4.85. The fourth-order valence-electron chi connectivity index (χ4n) is 4.99. The van der Waals surface area contributed by atoms with Crippen molar-refractivity contribution in [1.29, 1.82) is 0 Å². The van der Waals surface area contributed by atoms with Gasteiger partial charge in [-0.25, -0.2) is 4.90 Å². The molecule has 0 aliphatic carbocycles. The molecule has 0 radical (unpaired) electrons. The van der Waals surface area contributed by atoms with Gasteiger partial charge < -0.3 is 10.4 Å². The molecule has 2 aliphatic heterocycles. The predicted octanol–water partition coefficient (Wildman–Crippen LogP) is 5.13. The van der Waals surface area contributed by atoms with Crippen LogP contribution in [0.3, 0.4) is 0 Å². The van der Waals surface area contributed by atoms with E-state index in [1.165, 1.54) is 46.2 Å². The van der Waals surface area contributed by atoms with Crippen molar-refractivity contribution in [2.45, 2.75) is 28.9 Å². The Morgan fingerprint density at radius 3 is 2.44 bits per heavy atom. The van der Waals surface area contributed by atoms with Crippen LogP contribution in [0.25, 0.3) is 0 Å². The van der Waals surface area contributed by atoms with E-state index in [-0.39, 0.29) is 18.0 Å². The minimum Gasteiger partial charge on any atom is -0.508 e. The average molecular weight is 618 g/mol. The zero-order valence-corrected chi connectivity index (χ0v) is 23.1. The molecule has 4 heterocycles. The lowest BCUT2D eigenvalue weighted by Gasteiger charge is -2.29. The van der Waals surface area contributed by atoms with Crippen LogP contribution < -0.4 is 15.1 Å². The van der Waals surface area contributed by atoms with E-state index in [1.54, 1.807) is 17.5 Å². The number of halogens is 3. The first kappa shape index (κ1) is 27.3. The lowest BCUT2D eigenvalue weighted by molar-refractivity contribution is -0.137. The van der Waals surface area contributed by atoms with Gasteiger partial charge in [-0.1, -0.05) is 35.2 Å². The molecule has 0 spiro atoms. The second-order valence-corrected chi connectivity index (χ2v) is 12.4. The molecule has 8 nitrogen and oxygen atoms in total. The van der Waals surface area contributed by atoms with E-state index < -0.39 is 51.4 Å². The van der Waals surface area contributed by atoms with Gasteiger partial charge in [-0.15, -0.1) is 11.3 Å². The number of thioether (sulfide) groups is 1. The molecule has 1 fully saturated rings. The van der Waals surface area contributed by atoms with Gasteiger partial charge >= 0.3 is 11.0 Å². The number of carbonyl (C=O) groups excluding carboxylic acids is 3. The number of benzene rings is 2. The minimum absolute atomic E-state index is 0.0200. The Kier molecular flexibility index (Phi) is 6.78. The summed E-state index contributed by atoms with van der Waals surface area (Å²) in [5.41, 5.74) is -0.758. The molecule has 4 aromatic rings. The van der Waals surface area contributed by atoms with Crippen LogP contribution in [0.1, 0.15) is 21.2 Å². The largest absolute Gasteiger partial charge is 0.508 e. The Bertz CT molecular complexity index is 1730. The zero-order chi connectivity index (χ0) is 29.1. The quantitative estimate of drug-likeness (QED) is 0.238. The number of hydrogen-bond donors (Lipinski definition) is 2. The molecule has 0 saturated carbocycles. The predicted molar refractivity (Wildman–Crippen MR) is 149 cm³/mol. The van der Waals surface area contributed by atoms with Crippen molar-refractivity contribution in [3.05, 3.63) is 91.0 Å². The maximum absolute atomic E-state index is 13.8. The highest BCUT2D eigenvalue weighted by molar-refractivity contribution is 8.00. The Hall–Kier alpha value is -3.88. The Morgan fingerprint density at radius 1 is 1.00 bits per heavy atom. The van der Waals surface area contributed by atoms with E-state index in [0.717, 1.165) is 51.1 Å². The monoisotopic (exact) mass is 617 g/mol. The van der Waals surface area contributed by atoms with Gasteiger partial charge in [0.05, 0.1) is 22.2 Å². The second kappa shape index (κ2) is 10.2. The van der Waals surface area contributed by atoms with Crippen LogP contribution in [0.2, 0.25) is 0 Å². The van der Waals surface area contributed by atoms with E-state index in [2.05, 4.69) is 5.32 Å². The fraction of sp³-hybridized carbons (Fsp3) is 0.185. The maximum atomic E-state index is 13.8. The summed E-state index contributed by atoms with van der Waals surface area (Å²) in [6.07, 6.45) is -4.66. The van der Waals surface area contributed by atoms with E-state index in [1.807, 2.05) is 0 Å². The second-order valence-electron chi connectivity index (χ2n) is 9.34. The molecule has 2 aromatic heterocycles. The van der Waals surface area contributed by atoms with E-state index >= 15 is 0 Å². The third-order valence-electron chi connectivity index (χ3n) is 6.78. The molecular formula is C27H18F3N3O5S3. The maximum Gasteiger partial charge on any atom is 0.416 e.